The van der Waals surface area contributed by atoms with Gasteiger partial charge in [-0.1, -0.05) is 11.3 Å². The summed E-state index contributed by atoms with van der Waals surface area (Å²) in [4.78, 5) is 24.3. The van der Waals surface area contributed by atoms with Gasteiger partial charge < -0.3 is 14.6 Å². The van der Waals surface area contributed by atoms with Crippen LogP contribution in [0.3, 0.4) is 0 Å². The third kappa shape index (κ3) is 6.00. The molecule has 0 aliphatic rings. The van der Waals surface area contributed by atoms with Crippen LogP contribution in [0.25, 0.3) is 0 Å². The number of ether oxygens (including phenoxy) is 2. The summed E-state index contributed by atoms with van der Waals surface area (Å²) in [6.07, 6.45) is 1.37. The number of nitrogens with one attached hydrogen (secondary N) is 2. The highest BCUT2D eigenvalue weighted by Crippen LogP contribution is 2.25. The van der Waals surface area contributed by atoms with E-state index in [2.05, 4.69) is 26.0 Å². The quantitative estimate of drug-likeness (QED) is 0.360. The molecule has 2 amide bonds. The van der Waals surface area contributed by atoms with Crippen molar-refractivity contribution < 1.29 is 24.2 Å². The molecule has 0 saturated heterocycles. The average Bonchev–Trinajstić information content (AvgIpc) is 3.21. The minimum atomic E-state index is -0.397. The van der Waals surface area contributed by atoms with Crippen LogP contribution in [0.2, 0.25) is 0 Å². The number of hydrogen-bond acceptors (Lipinski definition) is 9. The molecule has 0 bridgehead atoms. The topological polar surface area (TPSA) is 135 Å². The molecule has 2 aromatic carbocycles. The van der Waals surface area contributed by atoms with Gasteiger partial charge in [0.05, 0.1) is 26.9 Å². The molecule has 160 valence electrons. The minimum absolute atomic E-state index is 0.00911. The van der Waals surface area contributed by atoms with Gasteiger partial charge in [0.15, 0.2) is 11.5 Å². The van der Waals surface area contributed by atoms with Crippen LogP contribution >= 0.6 is 11.3 Å². The molecular formula is C20H19N5O5S. The van der Waals surface area contributed by atoms with Gasteiger partial charge in [0.1, 0.15) is 10.8 Å². The van der Waals surface area contributed by atoms with E-state index in [4.69, 9.17) is 9.47 Å². The van der Waals surface area contributed by atoms with Crippen LogP contribution in [0.4, 0.5) is 5.13 Å². The number of anilines is 1. The second-order valence-corrected chi connectivity index (χ2v) is 7.15. The molecule has 3 rings (SSSR count). The minimum Gasteiger partial charge on any atom is -0.504 e. The van der Waals surface area contributed by atoms with Gasteiger partial charge in [0.25, 0.3) is 5.91 Å². The average molecular weight is 441 g/mol. The van der Waals surface area contributed by atoms with Crippen molar-refractivity contribution >= 4 is 34.5 Å². The van der Waals surface area contributed by atoms with E-state index < -0.39 is 5.91 Å². The Bertz CT molecular complexity index is 1100. The van der Waals surface area contributed by atoms with E-state index in [0.29, 0.717) is 27.6 Å². The van der Waals surface area contributed by atoms with Crippen LogP contribution in [0.15, 0.2) is 47.6 Å². The van der Waals surface area contributed by atoms with Crippen LogP contribution in [0, 0.1) is 0 Å². The fourth-order valence-corrected chi connectivity index (χ4v) is 3.15. The highest BCUT2D eigenvalue weighted by Gasteiger charge is 2.12. The van der Waals surface area contributed by atoms with Gasteiger partial charge >= 0.3 is 0 Å². The summed E-state index contributed by atoms with van der Waals surface area (Å²) in [5.41, 5.74) is 3.46. The molecule has 1 heterocycles. The van der Waals surface area contributed by atoms with Gasteiger partial charge in [-0.3, -0.25) is 14.9 Å². The van der Waals surface area contributed by atoms with Crippen molar-refractivity contribution in [3.05, 3.63) is 58.6 Å². The lowest BCUT2D eigenvalue weighted by molar-refractivity contribution is -0.120. The molecular weight excluding hydrogens is 422 g/mol. The lowest BCUT2D eigenvalue weighted by atomic mass is 10.2. The van der Waals surface area contributed by atoms with E-state index in [9.17, 15) is 14.7 Å². The molecule has 3 N–H and O–H groups in total. The smallest absolute Gasteiger partial charge is 0.257 e. The molecule has 0 fully saturated rings. The maximum absolute atomic E-state index is 12.3. The van der Waals surface area contributed by atoms with Crippen LogP contribution in [0.5, 0.6) is 17.2 Å². The van der Waals surface area contributed by atoms with Crippen molar-refractivity contribution in [1.29, 1.82) is 0 Å². The predicted molar refractivity (Wildman–Crippen MR) is 115 cm³/mol. The van der Waals surface area contributed by atoms with Crippen molar-refractivity contribution in [1.82, 2.24) is 15.6 Å². The summed E-state index contributed by atoms with van der Waals surface area (Å²) in [5.74, 6) is 0.214. The largest absolute Gasteiger partial charge is 0.504 e. The van der Waals surface area contributed by atoms with Gasteiger partial charge in [0.2, 0.25) is 11.0 Å². The summed E-state index contributed by atoms with van der Waals surface area (Å²) in [6.45, 7) is 0. The van der Waals surface area contributed by atoms with Gasteiger partial charge in [-0.05, 0) is 48.0 Å². The Morgan fingerprint density at radius 1 is 1.13 bits per heavy atom. The van der Waals surface area contributed by atoms with E-state index in [1.54, 1.807) is 43.5 Å². The Morgan fingerprint density at radius 2 is 1.90 bits per heavy atom. The van der Waals surface area contributed by atoms with Crippen LogP contribution in [0.1, 0.15) is 20.9 Å². The predicted octanol–water partition coefficient (Wildman–Crippen LogP) is 2.21. The number of carbonyl (C=O) groups excluding carboxylic acids is 2. The van der Waals surface area contributed by atoms with Crippen molar-refractivity contribution in [2.45, 2.75) is 6.42 Å². The fourth-order valence-electron chi connectivity index (χ4n) is 2.42. The van der Waals surface area contributed by atoms with Gasteiger partial charge in [-0.2, -0.15) is 5.10 Å². The Morgan fingerprint density at radius 3 is 2.61 bits per heavy atom. The van der Waals surface area contributed by atoms with Gasteiger partial charge in [0, 0.05) is 5.56 Å². The number of methoxy groups -OCH3 is 2. The number of amides is 2. The van der Waals surface area contributed by atoms with E-state index in [1.165, 1.54) is 19.4 Å². The maximum atomic E-state index is 12.3. The fraction of sp³-hybridized carbons (Fsp3) is 0.150. The van der Waals surface area contributed by atoms with E-state index in [-0.39, 0.29) is 23.2 Å². The number of phenols is 1. The Kier molecular flexibility index (Phi) is 7.12. The number of aromatic hydroxyl groups is 1. The monoisotopic (exact) mass is 441 g/mol. The molecule has 0 aliphatic carbocycles. The zero-order chi connectivity index (χ0) is 22.2. The second kappa shape index (κ2) is 10.2. The molecule has 0 unspecified atom stereocenters. The Balaban J connectivity index is 1.51. The number of benzene rings is 2. The summed E-state index contributed by atoms with van der Waals surface area (Å²) in [7, 11) is 2.98. The first kappa shape index (κ1) is 21.7. The number of hydrazone groups is 1. The number of carbonyl (C=O) groups is 2. The van der Waals surface area contributed by atoms with Crippen LogP contribution < -0.4 is 20.2 Å². The first-order valence-electron chi connectivity index (χ1n) is 8.95. The normalized spacial score (nSPS) is 10.6. The summed E-state index contributed by atoms with van der Waals surface area (Å²) in [6, 6.07) is 11.3. The summed E-state index contributed by atoms with van der Waals surface area (Å²) < 4.78 is 10.1. The third-order valence-electron chi connectivity index (χ3n) is 3.96. The zero-order valence-electron chi connectivity index (χ0n) is 16.7. The third-order valence-corrected chi connectivity index (χ3v) is 4.80. The van der Waals surface area contributed by atoms with Crippen molar-refractivity contribution in [2.75, 3.05) is 19.5 Å². The number of hydrogen-bond donors (Lipinski definition) is 3. The first-order chi connectivity index (χ1) is 15.0. The number of rotatable bonds is 8. The number of nitrogens with zero attached hydrogens (tertiary/aromatic N) is 3. The molecule has 0 atom stereocenters. The van der Waals surface area contributed by atoms with Crippen LogP contribution in [-0.4, -0.2) is 47.6 Å². The highest BCUT2D eigenvalue weighted by molar-refractivity contribution is 7.15. The van der Waals surface area contributed by atoms with Crippen LogP contribution in [-0.2, 0) is 11.2 Å². The molecule has 0 saturated carbocycles. The highest BCUT2D eigenvalue weighted by atomic mass is 32.1. The Labute approximate surface area is 181 Å². The van der Waals surface area contributed by atoms with Crippen molar-refractivity contribution in [3.63, 3.8) is 0 Å². The maximum Gasteiger partial charge on any atom is 0.257 e. The lowest BCUT2D eigenvalue weighted by Gasteiger charge is -2.03. The zero-order valence-corrected chi connectivity index (χ0v) is 17.5. The molecule has 10 nitrogen and oxygen atoms in total. The van der Waals surface area contributed by atoms with Crippen molar-refractivity contribution in [2.24, 2.45) is 5.10 Å². The molecule has 1 aromatic heterocycles. The number of aromatic nitrogens is 2. The Hall–Kier alpha value is -3.99. The molecule has 0 radical (unpaired) electrons. The molecule has 3 aromatic rings. The second-order valence-electron chi connectivity index (χ2n) is 6.08. The summed E-state index contributed by atoms with van der Waals surface area (Å²) >= 11 is 1.09. The van der Waals surface area contributed by atoms with E-state index in [0.717, 1.165) is 11.3 Å². The number of phenolic OH excluding ortho intramolecular Hbond substituents is 1. The first-order valence-corrected chi connectivity index (χ1v) is 9.77. The SMILES string of the molecule is COc1ccc(C(=O)Nc2nnc(CC(=O)N/N=C\c3ccc(O)c(OC)c3)s2)cc1. The molecule has 11 heteroatoms. The van der Waals surface area contributed by atoms with E-state index >= 15 is 0 Å². The van der Waals surface area contributed by atoms with Crippen molar-refractivity contribution in [3.8, 4) is 17.2 Å². The van der Waals surface area contributed by atoms with Gasteiger partial charge in [-0.15, -0.1) is 10.2 Å². The van der Waals surface area contributed by atoms with Gasteiger partial charge in [-0.25, -0.2) is 5.43 Å². The molecule has 0 spiro atoms. The summed E-state index contributed by atoms with van der Waals surface area (Å²) in [5, 5.41) is 24.6. The molecule has 0 aliphatic heterocycles. The molecule has 31 heavy (non-hydrogen) atoms. The van der Waals surface area contributed by atoms with E-state index in [1.807, 2.05) is 0 Å². The lowest BCUT2D eigenvalue weighted by Crippen LogP contribution is -2.19. The standard InChI is InChI=1S/C20H19N5O5S/c1-29-14-6-4-13(5-7-14)19(28)22-20-25-24-18(31-20)10-17(27)23-21-11-12-3-8-15(26)16(9-12)30-2/h3-9,11,26H,10H2,1-2H3,(H,23,27)(H,22,25,28)/b21-11-.